The summed E-state index contributed by atoms with van der Waals surface area (Å²) in [6, 6.07) is 0. The van der Waals surface area contributed by atoms with Crippen molar-refractivity contribution in [2.45, 2.75) is 19.3 Å². The van der Waals surface area contributed by atoms with Gasteiger partial charge >= 0.3 is 0 Å². The van der Waals surface area contributed by atoms with Crippen LogP contribution in [-0.2, 0) is 0 Å². The molecule has 0 aliphatic rings. The highest BCUT2D eigenvalue weighted by atomic mass is 32.1. The smallest absolute Gasteiger partial charge is 0.207 e. The number of anilines is 1. The maximum absolute atomic E-state index is 8.58. The molecule has 0 fully saturated rings. The molecular formula is C8H15N3OS. The van der Waals surface area contributed by atoms with Gasteiger partial charge in [0.1, 0.15) is 5.51 Å². The fourth-order valence-electron chi connectivity index (χ4n) is 1.07. The maximum Gasteiger partial charge on any atom is 0.207 e. The van der Waals surface area contributed by atoms with Crippen LogP contribution >= 0.6 is 11.3 Å². The molecule has 5 heteroatoms. The first-order chi connectivity index (χ1) is 6.34. The molecule has 0 spiro atoms. The Morgan fingerprint density at radius 1 is 1.46 bits per heavy atom. The van der Waals surface area contributed by atoms with E-state index in [0.29, 0.717) is 6.61 Å². The van der Waals surface area contributed by atoms with Crippen LogP contribution in [0.1, 0.15) is 19.3 Å². The van der Waals surface area contributed by atoms with Crippen LogP contribution in [0.3, 0.4) is 0 Å². The Balaban J connectivity index is 2.15. The average Bonchev–Trinajstić information content (AvgIpc) is 2.65. The van der Waals surface area contributed by atoms with Crippen molar-refractivity contribution in [2.24, 2.45) is 0 Å². The van der Waals surface area contributed by atoms with Gasteiger partial charge in [-0.1, -0.05) is 11.3 Å². The molecule has 1 rings (SSSR count). The summed E-state index contributed by atoms with van der Waals surface area (Å²) >= 11 is 1.55. The van der Waals surface area contributed by atoms with Crippen molar-refractivity contribution in [3.63, 3.8) is 0 Å². The van der Waals surface area contributed by atoms with Crippen LogP contribution in [0.4, 0.5) is 5.13 Å². The number of aromatic nitrogens is 2. The van der Waals surface area contributed by atoms with Gasteiger partial charge in [-0.2, -0.15) is 0 Å². The van der Waals surface area contributed by atoms with Crippen molar-refractivity contribution in [1.29, 1.82) is 0 Å². The zero-order chi connectivity index (χ0) is 9.52. The van der Waals surface area contributed by atoms with Gasteiger partial charge in [-0.05, 0) is 19.3 Å². The van der Waals surface area contributed by atoms with E-state index in [2.05, 4.69) is 15.1 Å². The van der Waals surface area contributed by atoms with Gasteiger partial charge in [-0.3, -0.25) is 0 Å². The molecule has 1 heterocycles. The molecule has 0 aromatic carbocycles. The Bertz CT molecular complexity index is 215. The number of hydrogen-bond donors (Lipinski definition) is 1. The van der Waals surface area contributed by atoms with Crippen LogP contribution in [0.2, 0.25) is 0 Å². The van der Waals surface area contributed by atoms with Gasteiger partial charge in [0.25, 0.3) is 0 Å². The monoisotopic (exact) mass is 201 g/mol. The number of hydrogen-bond acceptors (Lipinski definition) is 5. The number of rotatable bonds is 6. The van der Waals surface area contributed by atoms with Gasteiger partial charge in [-0.15, -0.1) is 10.2 Å². The van der Waals surface area contributed by atoms with Crippen molar-refractivity contribution in [2.75, 3.05) is 25.1 Å². The molecule has 13 heavy (non-hydrogen) atoms. The lowest BCUT2D eigenvalue weighted by Gasteiger charge is -2.13. The van der Waals surface area contributed by atoms with Crippen molar-refractivity contribution in [3.8, 4) is 0 Å². The summed E-state index contributed by atoms with van der Waals surface area (Å²) in [5, 5.41) is 17.3. The molecule has 1 N–H and O–H groups in total. The quantitative estimate of drug-likeness (QED) is 0.701. The minimum atomic E-state index is 0.294. The highest BCUT2D eigenvalue weighted by Gasteiger charge is 2.02. The molecule has 1 aromatic heterocycles. The summed E-state index contributed by atoms with van der Waals surface area (Å²) in [6.07, 6.45) is 3.06. The molecule has 0 unspecified atom stereocenters. The molecule has 74 valence electrons. The Hall–Kier alpha value is -0.680. The predicted molar refractivity (Wildman–Crippen MR) is 54.1 cm³/mol. The summed E-state index contributed by atoms with van der Waals surface area (Å²) in [7, 11) is 2.01. The molecule has 4 nitrogen and oxygen atoms in total. The maximum atomic E-state index is 8.58. The number of aliphatic hydroxyl groups excluding tert-OH is 1. The van der Waals surface area contributed by atoms with Crippen molar-refractivity contribution in [3.05, 3.63) is 5.51 Å². The highest BCUT2D eigenvalue weighted by molar-refractivity contribution is 7.13. The molecular weight excluding hydrogens is 186 g/mol. The van der Waals surface area contributed by atoms with Gasteiger partial charge in [0.05, 0.1) is 0 Å². The zero-order valence-electron chi connectivity index (χ0n) is 7.81. The summed E-state index contributed by atoms with van der Waals surface area (Å²) < 4.78 is 0. The highest BCUT2D eigenvalue weighted by Crippen LogP contribution is 2.13. The van der Waals surface area contributed by atoms with Crippen LogP contribution in [0, 0.1) is 0 Å². The third-order valence-corrected chi connectivity index (χ3v) is 2.63. The van der Waals surface area contributed by atoms with Gasteiger partial charge in [0.2, 0.25) is 5.13 Å². The Kier molecular flexibility index (Phi) is 4.70. The van der Waals surface area contributed by atoms with Gasteiger partial charge in [0.15, 0.2) is 0 Å². The molecule has 0 atom stereocenters. The topological polar surface area (TPSA) is 49.2 Å². The molecule has 0 saturated carbocycles. The SMILES string of the molecule is CN(CCCCCO)c1nncs1. The van der Waals surface area contributed by atoms with Crippen LogP contribution in [0.5, 0.6) is 0 Å². The molecule has 0 radical (unpaired) electrons. The summed E-state index contributed by atoms with van der Waals surface area (Å²) in [4.78, 5) is 2.09. The van der Waals surface area contributed by atoms with Crippen LogP contribution < -0.4 is 4.90 Å². The van der Waals surface area contributed by atoms with E-state index in [9.17, 15) is 0 Å². The van der Waals surface area contributed by atoms with Crippen molar-refractivity contribution < 1.29 is 5.11 Å². The first-order valence-electron chi connectivity index (χ1n) is 4.42. The van der Waals surface area contributed by atoms with E-state index < -0.39 is 0 Å². The first-order valence-corrected chi connectivity index (χ1v) is 5.30. The molecule has 0 bridgehead atoms. The lowest BCUT2D eigenvalue weighted by atomic mass is 10.2. The normalized spacial score (nSPS) is 10.3. The van der Waals surface area contributed by atoms with Crippen LogP contribution in [-0.4, -0.2) is 35.5 Å². The molecule has 0 aliphatic heterocycles. The second-order valence-electron chi connectivity index (χ2n) is 2.93. The van der Waals surface area contributed by atoms with E-state index in [4.69, 9.17) is 5.11 Å². The van der Waals surface area contributed by atoms with Gasteiger partial charge in [0, 0.05) is 20.2 Å². The Labute approximate surface area is 82.2 Å². The van der Waals surface area contributed by atoms with E-state index in [1.54, 1.807) is 16.8 Å². The van der Waals surface area contributed by atoms with Gasteiger partial charge in [-0.25, -0.2) is 0 Å². The number of aliphatic hydroxyl groups is 1. The second-order valence-corrected chi connectivity index (χ2v) is 3.74. The standard InChI is InChI=1S/C8H15N3OS/c1-11(5-3-2-4-6-12)8-10-9-7-13-8/h7,12H,2-6H2,1H3. The third-order valence-electron chi connectivity index (χ3n) is 1.83. The van der Waals surface area contributed by atoms with E-state index in [-0.39, 0.29) is 0 Å². The van der Waals surface area contributed by atoms with Crippen molar-refractivity contribution >= 4 is 16.5 Å². The minimum absolute atomic E-state index is 0.294. The average molecular weight is 201 g/mol. The van der Waals surface area contributed by atoms with E-state index in [0.717, 1.165) is 30.9 Å². The van der Waals surface area contributed by atoms with Gasteiger partial charge < -0.3 is 10.0 Å². The molecule has 0 amide bonds. The Morgan fingerprint density at radius 2 is 2.31 bits per heavy atom. The first kappa shape index (κ1) is 10.4. The summed E-state index contributed by atoms with van der Waals surface area (Å²) in [5.74, 6) is 0. The fourth-order valence-corrected chi connectivity index (χ4v) is 1.62. The Morgan fingerprint density at radius 3 is 2.92 bits per heavy atom. The van der Waals surface area contributed by atoms with E-state index in [1.165, 1.54) is 0 Å². The lowest BCUT2D eigenvalue weighted by molar-refractivity contribution is 0.283. The summed E-state index contributed by atoms with van der Waals surface area (Å²) in [6.45, 7) is 1.28. The number of nitrogens with zero attached hydrogens (tertiary/aromatic N) is 3. The van der Waals surface area contributed by atoms with Crippen molar-refractivity contribution in [1.82, 2.24) is 10.2 Å². The minimum Gasteiger partial charge on any atom is -0.396 e. The molecule has 0 aliphatic carbocycles. The summed E-state index contributed by atoms with van der Waals surface area (Å²) in [5.41, 5.74) is 1.74. The molecule has 1 aromatic rings. The van der Waals surface area contributed by atoms with Crippen LogP contribution in [0.25, 0.3) is 0 Å². The second kappa shape index (κ2) is 5.88. The predicted octanol–water partition coefficient (Wildman–Crippen LogP) is 1.14. The molecule has 0 saturated heterocycles. The third kappa shape index (κ3) is 3.69. The van der Waals surface area contributed by atoms with E-state index >= 15 is 0 Å². The number of unbranched alkanes of at least 4 members (excludes halogenated alkanes) is 2. The zero-order valence-corrected chi connectivity index (χ0v) is 8.63. The fraction of sp³-hybridized carbons (Fsp3) is 0.750. The largest absolute Gasteiger partial charge is 0.396 e. The lowest BCUT2D eigenvalue weighted by Crippen LogP contribution is -2.18. The van der Waals surface area contributed by atoms with Crippen LogP contribution in [0.15, 0.2) is 5.51 Å². The van der Waals surface area contributed by atoms with E-state index in [1.807, 2.05) is 7.05 Å².